The molecule has 4 rings (SSSR count). The molecule has 0 radical (unpaired) electrons. The maximum absolute atomic E-state index is 12.7. The molecule has 1 aliphatic rings. The van der Waals surface area contributed by atoms with E-state index < -0.39 is 10.0 Å². The molecule has 3 aromatic heterocycles. The van der Waals surface area contributed by atoms with Gasteiger partial charge in [-0.1, -0.05) is 0 Å². The molecular weight excluding hydrogens is 392 g/mol. The van der Waals surface area contributed by atoms with E-state index in [0.717, 1.165) is 5.56 Å². The largest absolute Gasteiger partial charge is 0.334 e. The zero-order valence-corrected chi connectivity index (χ0v) is 17.0. The van der Waals surface area contributed by atoms with E-state index in [1.54, 1.807) is 29.2 Å². The molecule has 10 heteroatoms. The average molecular weight is 414 g/mol. The number of hydrogen-bond acceptors (Lipinski definition) is 6. The molecule has 9 nitrogen and oxygen atoms in total. The first kappa shape index (κ1) is 19.5. The fraction of sp³-hybridized carbons (Fsp3) is 0.368. The van der Waals surface area contributed by atoms with E-state index in [9.17, 15) is 13.2 Å². The van der Waals surface area contributed by atoms with Crippen molar-refractivity contribution in [1.82, 2.24) is 28.6 Å². The van der Waals surface area contributed by atoms with Gasteiger partial charge in [0.15, 0.2) is 5.03 Å². The molecule has 0 aliphatic carbocycles. The second-order valence-electron chi connectivity index (χ2n) is 7.42. The van der Waals surface area contributed by atoms with E-state index in [1.807, 2.05) is 26.0 Å². The molecule has 0 N–H and O–H groups in total. The summed E-state index contributed by atoms with van der Waals surface area (Å²) in [5, 5.41) is 4.47. The maximum Gasteiger partial charge on any atom is 0.266 e. The summed E-state index contributed by atoms with van der Waals surface area (Å²) in [6.45, 7) is 4.95. The van der Waals surface area contributed by atoms with Crippen molar-refractivity contribution >= 4 is 10.0 Å². The summed E-state index contributed by atoms with van der Waals surface area (Å²) >= 11 is 0. The minimum absolute atomic E-state index is 0.0197. The summed E-state index contributed by atoms with van der Waals surface area (Å²) in [6, 6.07) is 6.96. The molecule has 4 heterocycles. The number of sulfonamides is 1. The van der Waals surface area contributed by atoms with Gasteiger partial charge in [0.25, 0.3) is 15.6 Å². The van der Waals surface area contributed by atoms with Crippen LogP contribution in [0.1, 0.15) is 19.9 Å². The third-order valence-corrected chi connectivity index (χ3v) is 6.67. The van der Waals surface area contributed by atoms with Crippen LogP contribution in [0.2, 0.25) is 0 Å². The van der Waals surface area contributed by atoms with Crippen molar-refractivity contribution in [3.05, 3.63) is 59.5 Å². The number of hydrogen-bond donors (Lipinski definition) is 0. The van der Waals surface area contributed by atoms with Gasteiger partial charge in [0, 0.05) is 55.3 Å². The van der Waals surface area contributed by atoms with Crippen LogP contribution in [-0.4, -0.2) is 50.1 Å². The predicted molar refractivity (Wildman–Crippen MR) is 107 cm³/mol. The molecule has 29 heavy (non-hydrogen) atoms. The lowest BCUT2D eigenvalue weighted by Gasteiger charge is -2.37. The number of nitrogens with zero attached hydrogens (tertiary/aromatic N) is 6. The fourth-order valence-electron chi connectivity index (χ4n) is 3.19. The quantitative estimate of drug-likeness (QED) is 0.604. The van der Waals surface area contributed by atoms with Crippen molar-refractivity contribution in [2.24, 2.45) is 5.92 Å². The highest BCUT2D eigenvalue weighted by atomic mass is 32.2. The Hall–Kier alpha value is -2.85. The van der Waals surface area contributed by atoms with Gasteiger partial charge in [0.2, 0.25) is 0 Å². The van der Waals surface area contributed by atoms with E-state index in [0.29, 0.717) is 25.3 Å². The summed E-state index contributed by atoms with van der Waals surface area (Å²) in [6.07, 6.45) is 6.44. The van der Waals surface area contributed by atoms with Crippen molar-refractivity contribution in [3.8, 4) is 11.3 Å². The van der Waals surface area contributed by atoms with Gasteiger partial charge >= 0.3 is 0 Å². The molecule has 1 saturated heterocycles. The van der Waals surface area contributed by atoms with Crippen LogP contribution in [0.5, 0.6) is 0 Å². The Morgan fingerprint density at radius 3 is 2.66 bits per heavy atom. The van der Waals surface area contributed by atoms with E-state index >= 15 is 0 Å². The van der Waals surface area contributed by atoms with E-state index in [2.05, 4.69) is 15.1 Å². The van der Waals surface area contributed by atoms with Crippen LogP contribution < -0.4 is 5.56 Å². The Morgan fingerprint density at radius 2 is 2.00 bits per heavy atom. The zero-order valence-electron chi connectivity index (χ0n) is 16.2. The van der Waals surface area contributed by atoms with Gasteiger partial charge in [0.05, 0.1) is 18.6 Å². The smallest absolute Gasteiger partial charge is 0.266 e. The van der Waals surface area contributed by atoms with Crippen LogP contribution in [0, 0.1) is 5.92 Å². The predicted octanol–water partition coefficient (Wildman–Crippen LogP) is 1.40. The molecule has 0 atom stereocenters. The second kappa shape index (κ2) is 7.53. The highest BCUT2D eigenvalue weighted by Crippen LogP contribution is 2.25. The standard InChI is InChI=1S/C19H22N6O3S/c1-14(2)23-12-18(21-13-23)29(27,28)24-9-15(10-24)11-25-19(26)6-5-17(22-25)16-4-3-7-20-8-16/h3-8,12-15H,9-11H2,1-2H3. The van der Waals surface area contributed by atoms with Gasteiger partial charge in [-0.15, -0.1) is 0 Å². The van der Waals surface area contributed by atoms with E-state index in [4.69, 9.17) is 0 Å². The second-order valence-corrected chi connectivity index (χ2v) is 9.31. The van der Waals surface area contributed by atoms with E-state index in [1.165, 1.54) is 21.4 Å². The van der Waals surface area contributed by atoms with E-state index in [-0.39, 0.29) is 22.5 Å². The number of rotatable bonds is 6. The fourth-order valence-corrected chi connectivity index (χ4v) is 4.71. The third-order valence-electron chi connectivity index (χ3n) is 4.96. The molecule has 1 fully saturated rings. The Morgan fingerprint density at radius 1 is 1.21 bits per heavy atom. The van der Waals surface area contributed by atoms with Gasteiger partial charge in [-0.3, -0.25) is 9.78 Å². The first-order valence-corrected chi connectivity index (χ1v) is 10.8. The zero-order chi connectivity index (χ0) is 20.6. The summed E-state index contributed by atoms with van der Waals surface area (Å²) in [5.41, 5.74) is 1.26. The lowest BCUT2D eigenvalue weighted by Crippen LogP contribution is -2.52. The van der Waals surface area contributed by atoms with Gasteiger partial charge in [-0.25, -0.2) is 18.1 Å². The van der Waals surface area contributed by atoms with Gasteiger partial charge in [-0.05, 0) is 32.0 Å². The number of aromatic nitrogens is 5. The molecule has 0 spiro atoms. The number of pyridine rings is 1. The van der Waals surface area contributed by atoms with Crippen LogP contribution in [0.4, 0.5) is 0 Å². The van der Waals surface area contributed by atoms with Crippen LogP contribution >= 0.6 is 0 Å². The molecule has 0 aromatic carbocycles. The van der Waals surface area contributed by atoms with Crippen LogP contribution in [0.25, 0.3) is 11.3 Å². The molecular formula is C19H22N6O3S. The monoisotopic (exact) mass is 414 g/mol. The molecule has 0 bridgehead atoms. The van der Waals surface area contributed by atoms with Crippen molar-refractivity contribution in [1.29, 1.82) is 0 Å². The van der Waals surface area contributed by atoms with Crippen molar-refractivity contribution in [2.45, 2.75) is 31.5 Å². The Kier molecular flexibility index (Phi) is 5.05. The van der Waals surface area contributed by atoms with Gasteiger partial charge < -0.3 is 4.57 Å². The summed E-state index contributed by atoms with van der Waals surface area (Å²) in [4.78, 5) is 20.3. The Labute approximate surface area is 168 Å². The van der Waals surface area contributed by atoms with Crippen molar-refractivity contribution in [3.63, 3.8) is 0 Å². The lowest BCUT2D eigenvalue weighted by atomic mass is 10.0. The molecule has 152 valence electrons. The summed E-state index contributed by atoms with van der Waals surface area (Å²) in [5.74, 6) is 0.0197. The molecule has 0 amide bonds. The minimum atomic E-state index is -3.62. The van der Waals surface area contributed by atoms with Crippen LogP contribution in [0.15, 0.2) is 59.0 Å². The highest BCUT2D eigenvalue weighted by molar-refractivity contribution is 7.89. The van der Waals surface area contributed by atoms with Gasteiger partial charge in [0.1, 0.15) is 0 Å². The SMILES string of the molecule is CC(C)n1cnc(S(=O)(=O)N2CC(Cn3nc(-c4cccnc4)ccc3=O)C2)c1. The normalized spacial score (nSPS) is 15.6. The molecule has 1 aliphatic heterocycles. The Balaban J connectivity index is 1.45. The minimum Gasteiger partial charge on any atom is -0.334 e. The summed E-state index contributed by atoms with van der Waals surface area (Å²) in [7, 11) is -3.62. The van der Waals surface area contributed by atoms with Crippen molar-refractivity contribution in [2.75, 3.05) is 13.1 Å². The maximum atomic E-state index is 12.7. The molecule has 3 aromatic rings. The lowest BCUT2D eigenvalue weighted by molar-refractivity contribution is 0.172. The van der Waals surface area contributed by atoms with Crippen molar-refractivity contribution < 1.29 is 8.42 Å². The highest BCUT2D eigenvalue weighted by Gasteiger charge is 2.38. The average Bonchev–Trinajstić information content (AvgIpc) is 3.17. The molecule has 0 unspecified atom stereocenters. The first-order valence-electron chi connectivity index (χ1n) is 9.37. The molecule has 0 saturated carbocycles. The van der Waals surface area contributed by atoms with Gasteiger partial charge in [-0.2, -0.15) is 9.40 Å². The first-order chi connectivity index (χ1) is 13.8. The summed E-state index contributed by atoms with van der Waals surface area (Å²) < 4.78 is 30.0. The topological polar surface area (TPSA) is 103 Å². The Bertz CT molecular complexity index is 1160. The number of imidazole rings is 1. The van der Waals surface area contributed by atoms with Crippen LogP contribution in [0.3, 0.4) is 0 Å². The van der Waals surface area contributed by atoms with Crippen LogP contribution in [-0.2, 0) is 16.6 Å². The third kappa shape index (κ3) is 3.85.